The highest BCUT2D eigenvalue weighted by molar-refractivity contribution is 7.09. The van der Waals surface area contributed by atoms with E-state index in [0.29, 0.717) is 6.54 Å². The number of anilines is 1. The van der Waals surface area contributed by atoms with E-state index in [0.717, 1.165) is 29.4 Å². The van der Waals surface area contributed by atoms with Crippen LogP contribution >= 0.6 is 11.3 Å². The van der Waals surface area contributed by atoms with Crippen molar-refractivity contribution in [1.82, 2.24) is 10.3 Å². The number of urea groups is 1. The maximum Gasteiger partial charge on any atom is 0.322 e. The largest absolute Gasteiger partial charge is 0.331 e. The van der Waals surface area contributed by atoms with E-state index in [2.05, 4.69) is 16.4 Å². The zero-order valence-corrected chi connectivity index (χ0v) is 11.5. The van der Waals surface area contributed by atoms with Crippen molar-refractivity contribution in [1.29, 1.82) is 0 Å². The van der Waals surface area contributed by atoms with Crippen molar-refractivity contribution in [3.63, 3.8) is 0 Å². The van der Waals surface area contributed by atoms with Gasteiger partial charge in [0.25, 0.3) is 0 Å². The summed E-state index contributed by atoms with van der Waals surface area (Å²) < 4.78 is 0. The molecule has 1 aliphatic rings. The van der Waals surface area contributed by atoms with E-state index in [9.17, 15) is 4.79 Å². The molecule has 98 valence electrons. The minimum absolute atomic E-state index is 0.0437. The van der Waals surface area contributed by atoms with Crippen LogP contribution in [0.5, 0.6) is 0 Å². The Morgan fingerprint density at radius 2 is 2.32 bits per heavy atom. The Bertz CT molecular complexity index is 608. The van der Waals surface area contributed by atoms with Crippen LogP contribution in [-0.4, -0.2) is 17.6 Å². The molecule has 0 saturated carbocycles. The first kappa shape index (κ1) is 12.2. The Labute approximate surface area is 116 Å². The summed E-state index contributed by atoms with van der Waals surface area (Å²) in [6.07, 6.45) is 0.931. The van der Waals surface area contributed by atoms with Gasteiger partial charge in [0.2, 0.25) is 0 Å². The van der Waals surface area contributed by atoms with Crippen molar-refractivity contribution in [2.24, 2.45) is 0 Å². The molecule has 3 rings (SSSR count). The minimum Gasteiger partial charge on any atom is -0.331 e. The zero-order chi connectivity index (χ0) is 13.2. The van der Waals surface area contributed by atoms with E-state index in [1.807, 2.05) is 30.5 Å². The number of para-hydroxylation sites is 1. The van der Waals surface area contributed by atoms with Crippen molar-refractivity contribution in [2.75, 3.05) is 11.4 Å². The third-order valence-corrected chi connectivity index (χ3v) is 4.16. The van der Waals surface area contributed by atoms with Crippen LogP contribution in [-0.2, 0) is 13.0 Å². The fourth-order valence-electron chi connectivity index (χ4n) is 2.28. The van der Waals surface area contributed by atoms with Gasteiger partial charge in [0.1, 0.15) is 5.01 Å². The molecule has 0 bridgehead atoms. The van der Waals surface area contributed by atoms with Gasteiger partial charge in [-0.2, -0.15) is 0 Å². The van der Waals surface area contributed by atoms with E-state index in [1.165, 1.54) is 5.56 Å². The average molecular weight is 273 g/mol. The van der Waals surface area contributed by atoms with Gasteiger partial charge in [0.05, 0.1) is 6.54 Å². The molecular weight excluding hydrogens is 258 g/mol. The summed E-state index contributed by atoms with van der Waals surface area (Å²) in [5.41, 5.74) is 3.26. The number of nitrogens with one attached hydrogen (secondary N) is 1. The smallest absolute Gasteiger partial charge is 0.322 e. The van der Waals surface area contributed by atoms with Gasteiger partial charge in [0, 0.05) is 23.3 Å². The number of thiazole rings is 1. The van der Waals surface area contributed by atoms with Crippen LogP contribution in [0.1, 0.15) is 16.3 Å². The van der Waals surface area contributed by atoms with Gasteiger partial charge in [-0.15, -0.1) is 11.3 Å². The number of hydrogen-bond donors (Lipinski definition) is 1. The fraction of sp³-hybridized carbons (Fsp3) is 0.286. The average Bonchev–Trinajstić information content (AvgIpc) is 3.02. The highest BCUT2D eigenvalue weighted by Crippen LogP contribution is 2.27. The number of benzene rings is 1. The number of amides is 2. The van der Waals surface area contributed by atoms with Gasteiger partial charge >= 0.3 is 6.03 Å². The van der Waals surface area contributed by atoms with Crippen molar-refractivity contribution in [3.8, 4) is 0 Å². The standard InChI is InChI=1S/C14H15N3OS/c1-10-9-19-13(16-10)8-15-14(18)17-7-6-11-4-2-3-5-12(11)17/h2-5,9H,6-8H2,1H3,(H,15,18). The normalized spacial score (nSPS) is 13.4. The minimum atomic E-state index is -0.0437. The Balaban J connectivity index is 1.66. The highest BCUT2D eigenvalue weighted by atomic mass is 32.1. The predicted octanol–water partition coefficient (Wildman–Crippen LogP) is 2.72. The summed E-state index contributed by atoms with van der Waals surface area (Å²) in [6, 6.07) is 8.01. The van der Waals surface area contributed by atoms with E-state index in [1.54, 1.807) is 16.2 Å². The number of hydrogen-bond acceptors (Lipinski definition) is 3. The van der Waals surface area contributed by atoms with Crippen molar-refractivity contribution < 1.29 is 4.79 Å². The number of aryl methyl sites for hydroxylation is 1. The molecule has 2 aromatic rings. The van der Waals surface area contributed by atoms with E-state index < -0.39 is 0 Å². The molecular formula is C14H15N3OS. The summed E-state index contributed by atoms with van der Waals surface area (Å²) >= 11 is 1.58. The van der Waals surface area contributed by atoms with E-state index in [-0.39, 0.29) is 6.03 Å². The summed E-state index contributed by atoms with van der Waals surface area (Å²) in [5, 5.41) is 5.87. The number of carbonyl (C=O) groups excluding carboxylic acids is 1. The first-order valence-corrected chi connectivity index (χ1v) is 7.16. The molecule has 0 atom stereocenters. The molecule has 0 spiro atoms. The van der Waals surface area contributed by atoms with Crippen molar-refractivity contribution in [2.45, 2.75) is 19.9 Å². The molecule has 2 heterocycles. The quantitative estimate of drug-likeness (QED) is 0.914. The lowest BCUT2D eigenvalue weighted by atomic mass is 10.2. The molecule has 0 fully saturated rings. The monoisotopic (exact) mass is 273 g/mol. The second-order valence-electron chi connectivity index (χ2n) is 4.57. The van der Waals surface area contributed by atoms with Crippen LogP contribution in [0.15, 0.2) is 29.6 Å². The predicted molar refractivity (Wildman–Crippen MR) is 76.6 cm³/mol. The van der Waals surface area contributed by atoms with Crippen LogP contribution in [0.4, 0.5) is 10.5 Å². The van der Waals surface area contributed by atoms with Gasteiger partial charge in [-0.3, -0.25) is 4.90 Å². The lowest BCUT2D eigenvalue weighted by Crippen LogP contribution is -2.38. The van der Waals surface area contributed by atoms with Gasteiger partial charge in [-0.1, -0.05) is 18.2 Å². The van der Waals surface area contributed by atoms with E-state index in [4.69, 9.17) is 0 Å². The molecule has 1 N–H and O–H groups in total. The molecule has 1 aromatic carbocycles. The molecule has 19 heavy (non-hydrogen) atoms. The van der Waals surface area contributed by atoms with Gasteiger partial charge in [0.15, 0.2) is 0 Å². The van der Waals surface area contributed by atoms with Crippen LogP contribution in [0.25, 0.3) is 0 Å². The first-order valence-electron chi connectivity index (χ1n) is 6.28. The van der Waals surface area contributed by atoms with Crippen molar-refractivity contribution in [3.05, 3.63) is 45.9 Å². The Morgan fingerprint density at radius 3 is 3.11 bits per heavy atom. The molecule has 0 unspecified atom stereocenters. The number of rotatable bonds is 2. The Hall–Kier alpha value is -1.88. The first-order chi connectivity index (χ1) is 9.24. The van der Waals surface area contributed by atoms with E-state index >= 15 is 0 Å². The molecule has 5 heteroatoms. The fourth-order valence-corrected chi connectivity index (χ4v) is 2.99. The molecule has 1 aliphatic heterocycles. The third kappa shape index (κ3) is 2.46. The topological polar surface area (TPSA) is 45.2 Å². The summed E-state index contributed by atoms with van der Waals surface area (Å²) in [6.45, 7) is 3.20. The lowest BCUT2D eigenvalue weighted by molar-refractivity contribution is 0.246. The number of carbonyl (C=O) groups is 1. The summed E-state index contributed by atoms with van der Waals surface area (Å²) in [5.74, 6) is 0. The second kappa shape index (κ2) is 5.01. The molecule has 4 nitrogen and oxygen atoms in total. The molecule has 1 aromatic heterocycles. The van der Waals surface area contributed by atoms with Gasteiger partial charge in [-0.25, -0.2) is 9.78 Å². The molecule has 0 radical (unpaired) electrons. The Morgan fingerprint density at radius 1 is 1.47 bits per heavy atom. The number of fused-ring (bicyclic) bond motifs is 1. The second-order valence-corrected chi connectivity index (χ2v) is 5.51. The third-order valence-electron chi connectivity index (χ3n) is 3.19. The van der Waals surface area contributed by atoms with Crippen LogP contribution in [0.3, 0.4) is 0 Å². The van der Waals surface area contributed by atoms with Crippen LogP contribution < -0.4 is 10.2 Å². The molecule has 2 amide bonds. The summed E-state index contributed by atoms with van der Waals surface area (Å²) in [7, 11) is 0. The maximum absolute atomic E-state index is 12.2. The molecule has 0 saturated heterocycles. The Kier molecular flexibility index (Phi) is 3.21. The highest BCUT2D eigenvalue weighted by Gasteiger charge is 2.23. The summed E-state index contributed by atoms with van der Waals surface area (Å²) in [4.78, 5) is 18.3. The van der Waals surface area contributed by atoms with Crippen LogP contribution in [0, 0.1) is 6.92 Å². The SMILES string of the molecule is Cc1csc(CNC(=O)N2CCc3ccccc32)n1. The van der Waals surface area contributed by atoms with Gasteiger partial charge < -0.3 is 5.32 Å². The zero-order valence-electron chi connectivity index (χ0n) is 10.7. The number of aromatic nitrogens is 1. The van der Waals surface area contributed by atoms with Gasteiger partial charge in [-0.05, 0) is 25.0 Å². The molecule has 0 aliphatic carbocycles. The lowest BCUT2D eigenvalue weighted by Gasteiger charge is -2.17. The van der Waals surface area contributed by atoms with Crippen molar-refractivity contribution >= 4 is 23.1 Å². The maximum atomic E-state index is 12.2. The number of nitrogens with zero attached hydrogens (tertiary/aromatic N) is 2. The van der Waals surface area contributed by atoms with Crippen LogP contribution in [0.2, 0.25) is 0 Å².